The van der Waals surface area contributed by atoms with Gasteiger partial charge in [-0.2, -0.15) is 5.10 Å². The molecular weight excluding hydrogens is 380 g/mol. The molecule has 0 radical (unpaired) electrons. The van der Waals surface area contributed by atoms with Gasteiger partial charge >= 0.3 is 0 Å². The van der Waals surface area contributed by atoms with Crippen LogP contribution in [0.25, 0.3) is 0 Å². The molecule has 0 saturated carbocycles. The predicted octanol–water partition coefficient (Wildman–Crippen LogP) is 3.69. The fraction of sp³-hybridized carbons (Fsp3) is 0.167. The number of hydrogen-bond donors (Lipinski definition) is 3. The third-order valence-electron chi connectivity index (χ3n) is 2.36. The maximum absolute atomic E-state index is 9.87. The average molecular weight is 392 g/mol. The lowest BCUT2D eigenvalue weighted by Crippen LogP contribution is -1.96. The van der Waals surface area contributed by atoms with Crippen molar-refractivity contribution >= 4 is 56.0 Å². The van der Waals surface area contributed by atoms with Gasteiger partial charge in [-0.15, -0.1) is 11.3 Å². The number of nitrogens with zero attached hydrogens (tertiary/aromatic N) is 2. The third-order valence-corrected chi connectivity index (χ3v) is 4.58. The molecule has 21 heavy (non-hydrogen) atoms. The van der Waals surface area contributed by atoms with E-state index in [1.165, 1.54) is 17.6 Å². The lowest BCUT2D eigenvalue weighted by molar-refractivity contribution is 0.318. The molecular formula is C12H12BrClN4O2S. The maximum atomic E-state index is 9.87. The highest BCUT2D eigenvalue weighted by Crippen LogP contribution is 2.41. The van der Waals surface area contributed by atoms with Gasteiger partial charge in [0.2, 0.25) is 5.13 Å². The van der Waals surface area contributed by atoms with E-state index in [0.29, 0.717) is 33.3 Å². The van der Waals surface area contributed by atoms with Crippen molar-refractivity contribution in [2.24, 2.45) is 5.10 Å². The maximum Gasteiger partial charge on any atom is 0.205 e. The number of aromatic nitrogens is 1. The molecule has 4 N–H and O–H groups in total. The van der Waals surface area contributed by atoms with E-state index in [1.54, 1.807) is 11.4 Å². The Labute approximate surface area is 138 Å². The molecule has 0 saturated heterocycles. The van der Waals surface area contributed by atoms with Crippen molar-refractivity contribution in [2.75, 3.05) is 17.8 Å². The van der Waals surface area contributed by atoms with E-state index in [1.807, 2.05) is 6.92 Å². The number of anilines is 2. The van der Waals surface area contributed by atoms with E-state index in [4.69, 9.17) is 22.1 Å². The Morgan fingerprint density at radius 1 is 1.67 bits per heavy atom. The molecule has 9 heteroatoms. The molecule has 0 aliphatic carbocycles. The molecule has 1 aromatic heterocycles. The number of ether oxygens (including phenoxy) is 1. The molecule has 6 nitrogen and oxygen atoms in total. The fourth-order valence-corrected chi connectivity index (χ4v) is 2.62. The summed E-state index contributed by atoms with van der Waals surface area (Å²) in [6.45, 7) is 2.23. The quantitative estimate of drug-likeness (QED) is 0.534. The number of nitrogens with two attached hydrogens (primary N) is 1. The molecule has 112 valence electrons. The minimum absolute atomic E-state index is 0.108. The molecule has 0 aliphatic heterocycles. The van der Waals surface area contributed by atoms with E-state index in [-0.39, 0.29) is 10.8 Å². The molecule has 2 aromatic rings. The Bertz CT molecular complexity index is 678. The molecule has 0 fully saturated rings. The zero-order valence-corrected chi connectivity index (χ0v) is 14.1. The van der Waals surface area contributed by atoms with Gasteiger partial charge < -0.3 is 15.6 Å². The molecule has 0 amide bonds. The molecule has 0 unspecified atom stereocenters. The largest absolute Gasteiger partial charge is 0.503 e. The number of halogens is 2. The highest BCUT2D eigenvalue weighted by molar-refractivity contribution is 9.10. The highest BCUT2D eigenvalue weighted by atomic mass is 79.9. The Balaban J connectivity index is 2.22. The second-order valence-electron chi connectivity index (χ2n) is 3.82. The number of hydrogen-bond acceptors (Lipinski definition) is 7. The van der Waals surface area contributed by atoms with Crippen LogP contribution in [0, 0.1) is 0 Å². The molecule has 0 aliphatic rings. The van der Waals surface area contributed by atoms with Gasteiger partial charge in [0.05, 0.1) is 12.8 Å². The van der Waals surface area contributed by atoms with Crippen LogP contribution in [0.2, 0.25) is 5.02 Å². The molecule has 1 aromatic carbocycles. The number of aromatic hydroxyl groups is 1. The number of thiazole rings is 1. The summed E-state index contributed by atoms with van der Waals surface area (Å²) in [7, 11) is 0. The first-order chi connectivity index (χ1) is 10.0. The number of phenols is 1. The smallest absolute Gasteiger partial charge is 0.205 e. The number of nitrogen functional groups attached to an aromatic ring is 1. The van der Waals surface area contributed by atoms with Crippen molar-refractivity contribution in [2.45, 2.75) is 6.92 Å². The van der Waals surface area contributed by atoms with Gasteiger partial charge in [0, 0.05) is 15.4 Å². The van der Waals surface area contributed by atoms with Crippen molar-refractivity contribution in [1.82, 2.24) is 4.98 Å². The summed E-state index contributed by atoms with van der Waals surface area (Å²) in [6, 6.07) is 1.64. The van der Waals surface area contributed by atoms with Crippen LogP contribution in [-0.4, -0.2) is 22.9 Å². The Morgan fingerprint density at radius 3 is 3.05 bits per heavy atom. The highest BCUT2D eigenvalue weighted by Gasteiger charge is 2.14. The van der Waals surface area contributed by atoms with E-state index in [9.17, 15) is 5.11 Å². The van der Waals surface area contributed by atoms with E-state index in [0.717, 1.165) is 0 Å². The molecule has 0 atom stereocenters. The Hall–Kier alpha value is -1.51. The summed E-state index contributed by atoms with van der Waals surface area (Å²) >= 11 is 10.7. The van der Waals surface area contributed by atoms with Crippen molar-refractivity contribution in [1.29, 1.82) is 0 Å². The van der Waals surface area contributed by atoms with Crippen LogP contribution in [0.15, 0.2) is 21.0 Å². The fourth-order valence-electron chi connectivity index (χ4n) is 1.47. The van der Waals surface area contributed by atoms with Crippen LogP contribution < -0.4 is 15.9 Å². The van der Waals surface area contributed by atoms with Crippen LogP contribution >= 0.6 is 38.9 Å². The summed E-state index contributed by atoms with van der Waals surface area (Å²) in [4.78, 5) is 4.01. The number of phenolic OH excluding ortho intramolecular Hbond substituents is 1. The summed E-state index contributed by atoms with van der Waals surface area (Å²) < 4.78 is 5.84. The minimum Gasteiger partial charge on any atom is -0.503 e. The van der Waals surface area contributed by atoms with E-state index >= 15 is 0 Å². The predicted molar refractivity (Wildman–Crippen MR) is 89.7 cm³/mol. The molecule has 0 bridgehead atoms. The molecule has 1 heterocycles. The van der Waals surface area contributed by atoms with Gasteiger partial charge in [0.25, 0.3) is 0 Å². The third kappa shape index (κ3) is 3.78. The average Bonchev–Trinajstić information content (AvgIpc) is 2.87. The Morgan fingerprint density at radius 2 is 2.43 bits per heavy atom. The molecule has 2 rings (SSSR count). The second-order valence-corrected chi connectivity index (χ2v) is 5.85. The van der Waals surface area contributed by atoms with E-state index < -0.39 is 0 Å². The van der Waals surface area contributed by atoms with Crippen molar-refractivity contribution in [3.63, 3.8) is 0 Å². The topological polar surface area (TPSA) is 92.8 Å². The lowest BCUT2D eigenvalue weighted by Gasteiger charge is -2.10. The first-order valence-corrected chi connectivity index (χ1v) is 7.91. The zero-order chi connectivity index (χ0) is 15.4. The summed E-state index contributed by atoms with van der Waals surface area (Å²) in [5.41, 5.74) is 8.92. The van der Waals surface area contributed by atoms with Crippen molar-refractivity contribution in [3.05, 3.63) is 26.5 Å². The van der Waals surface area contributed by atoms with Gasteiger partial charge in [-0.25, -0.2) is 4.98 Å². The van der Waals surface area contributed by atoms with Crippen LogP contribution in [-0.2, 0) is 0 Å². The van der Waals surface area contributed by atoms with Gasteiger partial charge in [-0.1, -0.05) is 11.6 Å². The van der Waals surface area contributed by atoms with Crippen LogP contribution in [0.4, 0.5) is 10.9 Å². The minimum atomic E-state index is -0.108. The molecule has 0 spiro atoms. The van der Waals surface area contributed by atoms with Crippen LogP contribution in [0.5, 0.6) is 11.5 Å². The normalized spacial score (nSPS) is 11.0. The first-order valence-electron chi connectivity index (χ1n) is 5.86. The van der Waals surface area contributed by atoms with E-state index in [2.05, 4.69) is 31.4 Å². The van der Waals surface area contributed by atoms with Gasteiger partial charge in [0.15, 0.2) is 11.5 Å². The second kappa shape index (κ2) is 6.97. The summed E-state index contributed by atoms with van der Waals surface area (Å²) in [6.07, 6.45) is 1.54. The van der Waals surface area contributed by atoms with Crippen molar-refractivity contribution in [3.8, 4) is 11.5 Å². The van der Waals surface area contributed by atoms with Crippen LogP contribution in [0.1, 0.15) is 12.5 Å². The standard InChI is InChI=1S/C12H12BrClN4O2S/c1-2-20-7-3-6(9(13)10(14)11(7)19)4-16-18-12-17-8(15)5-21-12/h3-5,19H,2,15H2,1H3,(H,17,18). The SMILES string of the molecule is CCOc1cc(C=NNc2nc(N)cs2)c(Br)c(Cl)c1O. The zero-order valence-electron chi connectivity index (χ0n) is 10.9. The van der Waals surface area contributed by atoms with Gasteiger partial charge in [-0.05, 0) is 28.9 Å². The van der Waals surface area contributed by atoms with Gasteiger partial charge in [0.1, 0.15) is 10.8 Å². The lowest BCUT2D eigenvalue weighted by atomic mass is 10.2. The first kappa shape index (κ1) is 15.9. The number of benzene rings is 1. The number of nitrogens with one attached hydrogen (secondary N) is 1. The number of rotatable bonds is 5. The summed E-state index contributed by atoms with van der Waals surface area (Å²) in [5, 5.41) is 16.4. The monoisotopic (exact) mass is 390 g/mol. The van der Waals surface area contributed by atoms with Crippen molar-refractivity contribution < 1.29 is 9.84 Å². The Kier molecular flexibility index (Phi) is 5.27. The van der Waals surface area contributed by atoms with Gasteiger partial charge in [-0.3, -0.25) is 5.43 Å². The summed E-state index contributed by atoms with van der Waals surface area (Å²) in [5.74, 6) is 0.624. The van der Waals surface area contributed by atoms with Crippen LogP contribution in [0.3, 0.4) is 0 Å². The number of hydrazone groups is 1.